The third-order valence-corrected chi connectivity index (χ3v) is 3.47. The monoisotopic (exact) mass is 432 g/mol. The minimum atomic E-state index is -5.19. The largest absolute Gasteiger partial charge is 0.573 e. The number of nitrogens with zero attached hydrogens (tertiary/aromatic N) is 2. The lowest BCUT2D eigenvalue weighted by atomic mass is 10.4. The van der Waals surface area contributed by atoms with Crippen LogP contribution in [0.1, 0.15) is 0 Å². The summed E-state index contributed by atoms with van der Waals surface area (Å²) in [4.78, 5) is 12.6. The van der Waals surface area contributed by atoms with Crippen LogP contribution >= 0.6 is 33.3 Å². The molecule has 106 valence electrons. The maximum absolute atomic E-state index is 12.1. The Morgan fingerprint density at radius 2 is 2.00 bits per heavy atom. The molecule has 1 rings (SSSR count). The van der Waals surface area contributed by atoms with Crippen LogP contribution in [-0.2, 0) is 9.05 Å². The van der Waals surface area contributed by atoms with Crippen molar-refractivity contribution in [1.29, 1.82) is 0 Å². The zero-order valence-corrected chi connectivity index (χ0v) is 12.0. The van der Waals surface area contributed by atoms with E-state index in [1.54, 1.807) is 0 Å². The van der Waals surface area contributed by atoms with Crippen LogP contribution in [0.2, 0.25) is 0 Å². The number of hydrogen-bond donors (Lipinski definition) is 0. The van der Waals surface area contributed by atoms with Crippen LogP contribution in [0.5, 0.6) is 5.75 Å². The highest BCUT2D eigenvalue weighted by molar-refractivity contribution is 14.1. The van der Waals surface area contributed by atoms with Crippen LogP contribution in [0.15, 0.2) is 11.1 Å². The fourth-order valence-electron chi connectivity index (χ4n) is 0.939. The molecule has 19 heavy (non-hydrogen) atoms. The molecular formula is C6HClF3IN2O5S. The van der Waals surface area contributed by atoms with Gasteiger partial charge in [0.2, 0.25) is 5.75 Å². The van der Waals surface area contributed by atoms with Gasteiger partial charge in [0.05, 0.1) is 11.0 Å². The molecule has 0 amide bonds. The molecular weight excluding hydrogens is 431 g/mol. The third kappa shape index (κ3) is 4.31. The third-order valence-electron chi connectivity index (χ3n) is 1.55. The summed E-state index contributed by atoms with van der Waals surface area (Å²) >= 11 is 1.16. The Morgan fingerprint density at radius 3 is 2.37 bits per heavy atom. The topological polar surface area (TPSA) is 99.4 Å². The molecule has 1 aromatic rings. The summed E-state index contributed by atoms with van der Waals surface area (Å²) in [5, 5.41) is 9.68. The maximum Gasteiger partial charge on any atom is 0.573 e. The summed E-state index contributed by atoms with van der Waals surface area (Å²) in [7, 11) is 0.487. The summed E-state index contributed by atoms with van der Waals surface area (Å²) in [6.07, 6.45) is -5.19. The average Bonchev–Trinajstić information content (AvgIpc) is 2.16. The van der Waals surface area contributed by atoms with Gasteiger partial charge in [-0.3, -0.25) is 10.1 Å². The molecule has 0 atom stereocenters. The first-order valence-corrected chi connectivity index (χ1v) is 7.36. The van der Waals surface area contributed by atoms with Crippen molar-refractivity contribution in [3.63, 3.8) is 0 Å². The van der Waals surface area contributed by atoms with Gasteiger partial charge < -0.3 is 4.74 Å². The zero-order chi connectivity index (χ0) is 15.0. The lowest BCUT2D eigenvalue weighted by Gasteiger charge is -2.10. The molecule has 7 nitrogen and oxygen atoms in total. The highest BCUT2D eigenvalue weighted by atomic mass is 127. The Labute approximate surface area is 121 Å². The number of aromatic nitrogens is 1. The van der Waals surface area contributed by atoms with Gasteiger partial charge in [0.15, 0.2) is 8.73 Å². The molecule has 0 unspecified atom stereocenters. The van der Waals surface area contributed by atoms with Crippen LogP contribution in [-0.4, -0.2) is 24.7 Å². The molecule has 0 spiro atoms. The summed E-state index contributed by atoms with van der Waals surface area (Å²) < 4.78 is 61.0. The van der Waals surface area contributed by atoms with Gasteiger partial charge in [-0.05, 0) is 22.6 Å². The number of rotatable bonds is 3. The fraction of sp³-hybridized carbons (Fsp3) is 0.167. The van der Waals surface area contributed by atoms with Gasteiger partial charge >= 0.3 is 12.0 Å². The average molecular weight is 433 g/mol. The molecule has 0 aromatic carbocycles. The molecule has 0 saturated heterocycles. The maximum atomic E-state index is 12.1. The van der Waals surface area contributed by atoms with E-state index in [-0.39, 0.29) is 6.07 Å². The predicted molar refractivity (Wildman–Crippen MR) is 63.3 cm³/mol. The van der Waals surface area contributed by atoms with E-state index in [0.717, 1.165) is 22.6 Å². The quantitative estimate of drug-likeness (QED) is 0.239. The molecule has 13 heteroatoms. The first kappa shape index (κ1) is 16.2. The van der Waals surface area contributed by atoms with Gasteiger partial charge in [0, 0.05) is 10.7 Å². The SMILES string of the molecule is O=[N+]([O-])c1cc(S(=O)(=O)Cl)nc(I)c1OC(F)(F)F. The summed E-state index contributed by atoms with van der Waals surface area (Å²) in [5.41, 5.74) is -1.21. The van der Waals surface area contributed by atoms with Crippen molar-refractivity contribution in [2.24, 2.45) is 0 Å². The van der Waals surface area contributed by atoms with Crippen molar-refractivity contribution in [2.75, 3.05) is 0 Å². The van der Waals surface area contributed by atoms with Crippen LogP contribution < -0.4 is 4.74 Å². The molecule has 1 heterocycles. The van der Waals surface area contributed by atoms with Crippen molar-refractivity contribution in [2.45, 2.75) is 11.4 Å². The van der Waals surface area contributed by atoms with Gasteiger partial charge in [-0.2, -0.15) is 0 Å². The van der Waals surface area contributed by atoms with Crippen LogP contribution in [0.3, 0.4) is 0 Å². The van der Waals surface area contributed by atoms with Crippen molar-refractivity contribution >= 4 is 48.0 Å². The minimum Gasteiger partial charge on any atom is -0.396 e. The van der Waals surface area contributed by atoms with Crippen LogP contribution in [0.4, 0.5) is 18.9 Å². The van der Waals surface area contributed by atoms with Gasteiger partial charge in [0.1, 0.15) is 0 Å². The lowest BCUT2D eigenvalue weighted by Crippen LogP contribution is -2.19. The molecule has 0 aliphatic heterocycles. The van der Waals surface area contributed by atoms with Crippen LogP contribution in [0.25, 0.3) is 0 Å². The normalized spacial score (nSPS) is 12.3. The van der Waals surface area contributed by atoms with E-state index in [1.807, 2.05) is 0 Å². The second kappa shape index (κ2) is 5.24. The Balaban J connectivity index is 3.53. The number of hydrogen-bond acceptors (Lipinski definition) is 6. The van der Waals surface area contributed by atoms with E-state index in [2.05, 4.69) is 9.72 Å². The van der Waals surface area contributed by atoms with Crippen molar-refractivity contribution in [1.82, 2.24) is 4.98 Å². The van der Waals surface area contributed by atoms with Crippen molar-refractivity contribution in [3.05, 3.63) is 19.9 Å². The van der Waals surface area contributed by atoms with Gasteiger partial charge in [-0.15, -0.1) is 13.2 Å². The standard InChI is InChI=1S/C6HClF3IN2O5S/c7-19(16,17)3-1-2(13(14)15)4(5(11)12-3)18-6(8,9)10/h1H. The van der Waals surface area contributed by atoms with E-state index < -0.39 is 40.5 Å². The van der Waals surface area contributed by atoms with Gasteiger partial charge in [0.25, 0.3) is 9.05 Å². The number of nitro groups is 1. The molecule has 0 bridgehead atoms. The summed E-state index contributed by atoms with van der Waals surface area (Å²) in [6.45, 7) is 0. The highest BCUT2D eigenvalue weighted by Crippen LogP contribution is 2.37. The fourth-order valence-corrected chi connectivity index (χ4v) is 2.44. The lowest BCUT2D eigenvalue weighted by molar-refractivity contribution is -0.389. The Kier molecular flexibility index (Phi) is 4.46. The highest BCUT2D eigenvalue weighted by Gasteiger charge is 2.37. The van der Waals surface area contributed by atoms with Crippen LogP contribution in [0, 0.1) is 13.8 Å². The summed E-state index contributed by atoms with van der Waals surface area (Å²) in [6, 6.07) is 0.283. The second-order valence-electron chi connectivity index (χ2n) is 2.84. The van der Waals surface area contributed by atoms with E-state index in [4.69, 9.17) is 10.7 Å². The summed E-state index contributed by atoms with van der Waals surface area (Å²) in [5.74, 6) is -1.21. The Bertz CT molecular complexity index is 634. The molecule has 0 N–H and O–H groups in total. The van der Waals surface area contributed by atoms with Gasteiger partial charge in [-0.25, -0.2) is 13.4 Å². The van der Waals surface area contributed by atoms with Gasteiger partial charge in [-0.1, -0.05) is 0 Å². The molecule has 1 aromatic heterocycles. The number of halogens is 5. The predicted octanol–water partition coefficient (Wildman–Crippen LogP) is 2.42. The molecule has 0 fully saturated rings. The van der Waals surface area contributed by atoms with E-state index in [9.17, 15) is 31.7 Å². The Morgan fingerprint density at radius 1 is 1.47 bits per heavy atom. The number of ether oxygens (including phenoxy) is 1. The Hall–Kier alpha value is -0.890. The molecule has 0 aliphatic carbocycles. The number of alkyl halides is 3. The van der Waals surface area contributed by atoms with E-state index in [1.165, 1.54) is 0 Å². The van der Waals surface area contributed by atoms with E-state index >= 15 is 0 Å². The van der Waals surface area contributed by atoms with Crippen molar-refractivity contribution < 1.29 is 31.2 Å². The second-order valence-corrected chi connectivity index (χ2v) is 6.38. The first-order chi connectivity index (χ1) is 8.42. The zero-order valence-electron chi connectivity index (χ0n) is 8.31. The van der Waals surface area contributed by atoms with E-state index in [0.29, 0.717) is 0 Å². The number of pyridine rings is 1. The minimum absolute atomic E-state index is 0.283. The molecule has 0 radical (unpaired) electrons. The van der Waals surface area contributed by atoms with Crippen molar-refractivity contribution in [3.8, 4) is 5.75 Å². The smallest absolute Gasteiger partial charge is 0.396 e. The first-order valence-electron chi connectivity index (χ1n) is 3.97. The molecule has 0 saturated carbocycles. The molecule has 0 aliphatic rings.